The smallest absolute Gasteiger partial charge is 0.235 e. The molecule has 2 aromatic carbocycles. The highest BCUT2D eigenvalue weighted by atomic mass is 35.5. The molecule has 1 N–H and O–H groups in total. The lowest BCUT2D eigenvalue weighted by molar-refractivity contribution is -0.118. The van der Waals surface area contributed by atoms with Gasteiger partial charge in [-0.15, -0.1) is 0 Å². The van der Waals surface area contributed by atoms with E-state index in [1.807, 2.05) is 24.3 Å². The van der Waals surface area contributed by atoms with Crippen molar-refractivity contribution in [1.29, 1.82) is 0 Å². The van der Waals surface area contributed by atoms with Crippen molar-refractivity contribution in [1.82, 2.24) is 0 Å². The van der Waals surface area contributed by atoms with Crippen molar-refractivity contribution in [3.8, 4) is 0 Å². The Morgan fingerprint density at radius 2 is 1.95 bits per heavy atom. The minimum atomic E-state index is -0.592. The fraction of sp³-hybridized carbons (Fsp3) is 0.188. The van der Waals surface area contributed by atoms with Gasteiger partial charge in [-0.05, 0) is 47.9 Å². The minimum Gasteiger partial charge on any atom is -0.325 e. The Morgan fingerprint density at radius 3 is 2.70 bits per heavy atom. The second-order valence-electron chi connectivity index (χ2n) is 5.42. The van der Waals surface area contributed by atoms with Crippen molar-refractivity contribution < 1.29 is 9.18 Å². The molecule has 20 heavy (non-hydrogen) atoms. The normalized spacial score (nSPS) is 26.5. The molecule has 4 rings (SSSR count). The van der Waals surface area contributed by atoms with Gasteiger partial charge in [-0.3, -0.25) is 4.79 Å². The van der Waals surface area contributed by atoms with Crippen LogP contribution < -0.4 is 5.32 Å². The minimum absolute atomic E-state index is 0.0296. The van der Waals surface area contributed by atoms with E-state index >= 15 is 0 Å². The Balaban J connectivity index is 1.79. The highest BCUT2D eigenvalue weighted by Crippen LogP contribution is 2.64. The quantitative estimate of drug-likeness (QED) is 0.848. The molecular formula is C16H11ClFNO. The van der Waals surface area contributed by atoms with Gasteiger partial charge in [0.1, 0.15) is 5.82 Å². The third-order valence-electron chi connectivity index (χ3n) is 4.35. The maximum atomic E-state index is 13.5. The first kappa shape index (κ1) is 11.9. The first-order valence-corrected chi connectivity index (χ1v) is 6.86. The van der Waals surface area contributed by atoms with Crippen molar-refractivity contribution in [2.45, 2.75) is 17.8 Å². The number of carbonyl (C=O) groups excluding carboxylic acids is 1. The van der Waals surface area contributed by atoms with Crippen molar-refractivity contribution in [2.75, 3.05) is 5.32 Å². The van der Waals surface area contributed by atoms with Gasteiger partial charge in [0, 0.05) is 16.6 Å². The number of nitrogens with one attached hydrogen (secondary N) is 1. The molecule has 4 heteroatoms. The van der Waals surface area contributed by atoms with Crippen LogP contribution in [-0.4, -0.2) is 5.91 Å². The third-order valence-corrected chi connectivity index (χ3v) is 4.60. The summed E-state index contributed by atoms with van der Waals surface area (Å²) in [4.78, 5) is 12.3. The molecule has 0 saturated heterocycles. The number of hydrogen-bond acceptors (Lipinski definition) is 1. The molecule has 0 bridgehead atoms. The van der Waals surface area contributed by atoms with Crippen LogP contribution in [0.1, 0.15) is 23.5 Å². The average Bonchev–Trinajstić information content (AvgIpc) is 3.12. The van der Waals surface area contributed by atoms with Gasteiger partial charge in [0.25, 0.3) is 0 Å². The summed E-state index contributed by atoms with van der Waals surface area (Å²) < 4.78 is 13.5. The topological polar surface area (TPSA) is 29.1 Å². The SMILES string of the molecule is O=C1Nc2ccc(F)cc2[C@@]12C[C@@H]2c1ccc(Cl)cc1. The second kappa shape index (κ2) is 3.83. The van der Waals surface area contributed by atoms with Crippen LogP contribution in [0, 0.1) is 5.82 Å². The number of carbonyl (C=O) groups is 1. The van der Waals surface area contributed by atoms with E-state index < -0.39 is 5.41 Å². The summed E-state index contributed by atoms with van der Waals surface area (Å²) in [5, 5.41) is 3.53. The van der Waals surface area contributed by atoms with Gasteiger partial charge in [0.05, 0.1) is 5.41 Å². The predicted molar refractivity (Wildman–Crippen MR) is 75.5 cm³/mol. The molecule has 1 aliphatic heterocycles. The van der Waals surface area contributed by atoms with Crippen LogP contribution in [0.5, 0.6) is 0 Å². The van der Waals surface area contributed by atoms with Gasteiger partial charge < -0.3 is 5.32 Å². The summed E-state index contributed by atoms with van der Waals surface area (Å²) in [5.74, 6) is -0.234. The zero-order valence-electron chi connectivity index (χ0n) is 10.5. The Hall–Kier alpha value is -1.87. The molecule has 1 spiro atoms. The van der Waals surface area contributed by atoms with Gasteiger partial charge in [0.15, 0.2) is 0 Å². The van der Waals surface area contributed by atoms with Gasteiger partial charge in [-0.2, -0.15) is 0 Å². The van der Waals surface area contributed by atoms with E-state index in [9.17, 15) is 9.18 Å². The highest BCUT2D eigenvalue weighted by Gasteiger charge is 2.65. The van der Waals surface area contributed by atoms with E-state index in [1.165, 1.54) is 12.1 Å². The fourth-order valence-electron chi connectivity index (χ4n) is 3.26. The van der Waals surface area contributed by atoms with Crippen molar-refractivity contribution in [3.63, 3.8) is 0 Å². The fourth-order valence-corrected chi connectivity index (χ4v) is 3.39. The molecule has 1 heterocycles. The molecule has 0 radical (unpaired) electrons. The number of halogens is 2. The molecular weight excluding hydrogens is 277 g/mol. The highest BCUT2D eigenvalue weighted by molar-refractivity contribution is 6.30. The predicted octanol–water partition coefficient (Wildman–Crippen LogP) is 3.86. The van der Waals surface area contributed by atoms with E-state index in [-0.39, 0.29) is 17.6 Å². The number of anilines is 1. The van der Waals surface area contributed by atoms with Crippen molar-refractivity contribution in [2.24, 2.45) is 0 Å². The third kappa shape index (κ3) is 1.47. The van der Waals surface area contributed by atoms with Gasteiger partial charge in [0.2, 0.25) is 5.91 Å². The Morgan fingerprint density at radius 1 is 1.20 bits per heavy atom. The molecule has 1 fully saturated rings. The summed E-state index contributed by atoms with van der Waals surface area (Å²) >= 11 is 5.89. The number of rotatable bonds is 1. The summed E-state index contributed by atoms with van der Waals surface area (Å²) in [6, 6.07) is 12.0. The largest absolute Gasteiger partial charge is 0.325 e. The number of fused-ring (bicyclic) bond motifs is 2. The maximum Gasteiger partial charge on any atom is 0.235 e. The lowest BCUT2D eigenvalue weighted by atomic mass is 9.92. The number of benzene rings is 2. The van der Waals surface area contributed by atoms with E-state index in [2.05, 4.69) is 5.32 Å². The maximum absolute atomic E-state index is 13.5. The van der Waals surface area contributed by atoms with Crippen molar-refractivity contribution >= 4 is 23.2 Å². The van der Waals surface area contributed by atoms with E-state index in [0.29, 0.717) is 5.02 Å². The molecule has 0 unspecified atom stereocenters. The molecule has 1 aliphatic carbocycles. The first-order chi connectivity index (χ1) is 9.61. The average molecular weight is 288 g/mol. The summed E-state index contributed by atoms with van der Waals surface area (Å²) in [5.41, 5.74) is 1.99. The van der Waals surface area contributed by atoms with Crippen LogP contribution in [0.3, 0.4) is 0 Å². The van der Waals surface area contributed by atoms with Crippen LogP contribution in [0.25, 0.3) is 0 Å². The van der Waals surface area contributed by atoms with Gasteiger partial charge in [-0.25, -0.2) is 4.39 Å². The second-order valence-corrected chi connectivity index (χ2v) is 5.86. The van der Waals surface area contributed by atoms with Crippen molar-refractivity contribution in [3.05, 3.63) is 64.4 Å². The molecule has 1 amide bonds. The molecule has 100 valence electrons. The molecule has 2 atom stereocenters. The Labute approximate surface area is 120 Å². The van der Waals surface area contributed by atoms with Crippen LogP contribution in [0.2, 0.25) is 5.02 Å². The van der Waals surface area contributed by atoms with Crippen LogP contribution in [0.4, 0.5) is 10.1 Å². The lowest BCUT2D eigenvalue weighted by Gasteiger charge is -2.09. The zero-order valence-corrected chi connectivity index (χ0v) is 11.2. The first-order valence-electron chi connectivity index (χ1n) is 6.48. The molecule has 2 nitrogen and oxygen atoms in total. The molecule has 0 aromatic heterocycles. The molecule has 1 saturated carbocycles. The van der Waals surface area contributed by atoms with E-state index in [1.54, 1.807) is 6.07 Å². The lowest BCUT2D eigenvalue weighted by Crippen LogP contribution is -2.21. The monoisotopic (exact) mass is 287 g/mol. The molecule has 2 aromatic rings. The Kier molecular flexibility index (Phi) is 2.28. The standard InChI is InChI=1S/C16H11ClFNO/c17-10-3-1-9(2-4-10)13-8-16(13)12-7-11(18)5-6-14(12)19-15(16)20/h1-7,13H,8H2,(H,19,20)/t13-,16-/m1/s1. The van der Waals surface area contributed by atoms with Gasteiger partial charge in [-0.1, -0.05) is 23.7 Å². The van der Waals surface area contributed by atoms with E-state index in [0.717, 1.165) is 23.2 Å². The van der Waals surface area contributed by atoms with Crippen LogP contribution >= 0.6 is 11.6 Å². The summed E-state index contributed by atoms with van der Waals surface area (Å²) in [6.07, 6.45) is 0.719. The molecule has 2 aliphatic rings. The Bertz CT molecular complexity index is 728. The van der Waals surface area contributed by atoms with Crippen LogP contribution in [0.15, 0.2) is 42.5 Å². The van der Waals surface area contributed by atoms with E-state index in [4.69, 9.17) is 11.6 Å². The number of amides is 1. The summed E-state index contributed by atoms with van der Waals surface area (Å²) in [6.45, 7) is 0. The zero-order chi connectivity index (χ0) is 13.9. The summed E-state index contributed by atoms with van der Waals surface area (Å²) in [7, 11) is 0. The van der Waals surface area contributed by atoms with Gasteiger partial charge >= 0.3 is 0 Å². The number of hydrogen-bond donors (Lipinski definition) is 1. The van der Waals surface area contributed by atoms with Crippen LogP contribution in [-0.2, 0) is 10.2 Å².